The van der Waals surface area contributed by atoms with E-state index < -0.39 is 5.41 Å². The number of hydrogen-bond acceptors (Lipinski definition) is 1. The highest BCUT2D eigenvalue weighted by Gasteiger charge is 2.51. The van der Waals surface area contributed by atoms with E-state index in [0.29, 0.717) is 0 Å². The van der Waals surface area contributed by atoms with Crippen molar-refractivity contribution in [2.24, 2.45) is 0 Å². The van der Waals surface area contributed by atoms with Crippen molar-refractivity contribution >= 4 is 71.4 Å². The quantitative estimate of drug-likeness (QED) is 0.155. The molecule has 2 aromatic heterocycles. The maximum atomic E-state index is 2.51. The van der Waals surface area contributed by atoms with Crippen LogP contribution in [0, 0.1) is 0 Å². The van der Waals surface area contributed by atoms with E-state index in [1.807, 2.05) is 0 Å². The minimum atomic E-state index is -0.496. The Morgan fingerprint density at radius 1 is 0.237 bits per heavy atom. The predicted molar refractivity (Wildman–Crippen MR) is 334 cm³/mol. The standard InChI is InChI=1S/C77H49N3/c1-2-20-56(21-3-1)79-75-33-17-11-27-67(75)68-48-53(37-43-76(68)79)55-44-54(51-34-38-57(39-35-51)80-73-31-15-9-25-65(73)66-26-10-16-32-74(66)80)46-60(47-55)78(58-40-36-50-18-4-5-19-52(50)45-58)59-41-42-64-63-24-8-14-30-71(63)77(72(64)49-59)69-28-12-6-22-61(69)62-23-7-13-29-70(62)77/h1-49H. The van der Waals surface area contributed by atoms with Crippen molar-refractivity contribution in [3.05, 3.63) is 320 Å². The highest BCUT2D eigenvalue weighted by Crippen LogP contribution is 2.63. The van der Waals surface area contributed by atoms with Crippen molar-refractivity contribution in [2.45, 2.75) is 5.41 Å². The number of para-hydroxylation sites is 4. The summed E-state index contributed by atoms with van der Waals surface area (Å²) < 4.78 is 4.80. The van der Waals surface area contributed by atoms with Gasteiger partial charge in [-0.05, 0) is 175 Å². The molecule has 0 bridgehead atoms. The maximum absolute atomic E-state index is 2.51. The first-order valence-corrected chi connectivity index (χ1v) is 27.7. The largest absolute Gasteiger partial charge is 0.310 e. The van der Waals surface area contributed by atoms with E-state index >= 15 is 0 Å². The molecular formula is C77H49N3. The fourth-order valence-electron chi connectivity index (χ4n) is 14.1. The SMILES string of the molecule is c1ccc(-n2c3ccccc3c3cc(-c4cc(-c5ccc(-n6c7ccccc7c7ccccc76)cc5)cc(N(c5ccc6c(c5)C5(c7ccccc7-c7ccccc75)c5ccccc5-6)c5ccc6ccccc6c5)c4)ccc32)cc1. The number of benzene rings is 13. The molecule has 0 saturated carbocycles. The first kappa shape index (κ1) is 44.6. The molecule has 0 atom stereocenters. The molecule has 2 heterocycles. The van der Waals surface area contributed by atoms with Crippen LogP contribution in [0.25, 0.3) is 110 Å². The third-order valence-corrected chi connectivity index (χ3v) is 17.5. The normalized spacial score (nSPS) is 12.8. The van der Waals surface area contributed by atoms with Gasteiger partial charge in [-0.1, -0.05) is 200 Å². The van der Waals surface area contributed by atoms with Gasteiger partial charge < -0.3 is 14.0 Å². The van der Waals surface area contributed by atoms with Crippen LogP contribution in [0.5, 0.6) is 0 Å². The van der Waals surface area contributed by atoms with Crippen LogP contribution in [0.2, 0.25) is 0 Å². The summed E-state index contributed by atoms with van der Waals surface area (Å²) in [6.07, 6.45) is 0. The van der Waals surface area contributed by atoms with Gasteiger partial charge in [-0.25, -0.2) is 0 Å². The van der Waals surface area contributed by atoms with Crippen molar-refractivity contribution in [1.29, 1.82) is 0 Å². The predicted octanol–water partition coefficient (Wildman–Crippen LogP) is 20.2. The average molecular weight is 1020 g/mol. The summed E-state index contributed by atoms with van der Waals surface area (Å²) in [5.74, 6) is 0. The average Bonchev–Trinajstić information content (AvgIpc) is 4.44. The number of rotatable bonds is 7. The molecule has 0 radical (unpaired) electrons. The first-order valence-electron chi connectivity index (χ1n) is 27.7. The van der Waals surface area contributed by atoms with Gasteiger partial charge in [0.05, 0.1) is 27.5 Å². The van der Waals surface area contributed by atoms with E-state index in [-0.39, 0.29) is 0 Å². The summed E-state index contributed by atoms with van der Waals surface area (Å²) in [4.78, 5) is 2.51. The summed E-state index contributed by atoms with van der Waals surface area (Å²) in [6.45, 7) is 0. The Morgan fingerprint density at radius 3 is 1.31 bits per heavy atom. The van der Waals surface area contributed by atoms with E-state index in [1.165, 1.54) is 98.9 Å². The van der Waals surface area contributed by atoms with Gasteiger partial charge in [0.25, 0.3) is 0 Å². The minimum Gasteiger partial charge on any atom is -0.310 e. The molecule has 372 valence electrons. The first-order chi connectivity index (χ1) is 39.7. The molecule has 0 aliphatic heterocycles. The van der Waals surface area contributed by atoms with Gasteiger partial charge in [-0.3, -0.25) is 0 Å². The smallest absolute Gasteiger partial charge is 0.0726 e. The van der Waals surface area contributed by atoms with Gasteiger partial charge >= 0.3 is 0 Å². The molecule has 0 fully saturated rings. The molecule has 3 nitrogen and oxygen atoms in total. The lowest BCUT2D eigenvalue weighted by molar-refractivity contribution is 0.793. The number of hydrogen-bond donors (Lipinski definition) is 0. The topological polar surface area (TPSA) is 13.1 Å². The van der Waals surface area contributed by atoms with Crippen molar-refractivity contribution in [3.8, 4) is 55.9 Å². The van der Waals surface area contributed by atoms with Gasteiger partial charge in [-0.15, -0.1) is 0 Å². The molecule has 0 unspecified atom stereocenters. The Kier molecular flexibility index (Phi) is 9.63. The van der Waals surface area contributed by atoms with Crippen LogP contribution < -0.4 is 4.90 Å². The Balaban J connectivity index is 0.910. The van der Waals surface area contributed by atoms with Crippen LogP contribution >= 0.6 is 0 Å². The molecule has 17 rings (SSSR count). The van der Waals surface area contributed by atoms with E-state index in [1.54, 1.807) is 0 Å². The fourth-order valence-corrected chi connectivity index (χ4v) is 14.1. The minimum absolute atomic E-state index is 0.496. The molecule has 1 spiro atoms. The third-order valence-electron chi connectivity index (χ3n) is 17.5. The second-order valence-electron chi connectivity index (χ2n) is 21.6. The third kappa shape index (κ3) is 6.43. The molecule has 0 amide bonds. The van der Waals surface area contributed by atoms with E-state index in [2.05, 4.69) is 311 Å². The number of nitrogens with zero attached hydrogens (tertiary/aromatic N) is 3. The molecule has 3 heteroatoms. The van der Waals surface area contributed by atoms with Gasteiger partial charge in [0.15, 0.2) is 0 Å². The monoisotopic (exact) mass is 1020 g/mol. The summed E-state index contributed by atoms with van der Waals surface area (Å²) >= 11 is 0. The van der Waals surface area contributed by atoms with Crippen LogP contribution in [-0.2, 0) is 5.41 Å². The Bertz CT molecular complexity index is 4900. The van der Waals surface area contributed by atoms with Gasteiger partial charge in [0.2, 0.25) is 0 Å². The van der Waals surface area contributed by atoms with Crippen molar-refractivity contribution in [3.63, 3.8) is 0 Å². The summed E-state index contributed by atoms with van der Waals surface area (Å²) in [5, 5.41) is 7.35. The van der Waals surface area contributed by atoms with Gasteiger partial charge in [0.1, 0.15) is 0 Å². The molecule has 13 aromatic carbocycles. The molecule has 2 aliphatic carbocycles. The van der Waals surface area contributed by atoms with E-state index in [0.717, 1.165) is 50.7 Å². The van der Waals surface area contributed by atoms with Crippen LogP contribution in [0.15, 0.2) is 297 Å². The molecular weight excluding hydrogens is 967 g/mol. The molecule has 15 aromatic rings. The molecule has 0 saturated heterocycles. The zero-order valence-electron chi connectivity index (χ0n) is 43.6. The lowest BCUT2D eigenvalue weighted by atomic mass is 9.70. The molecule has 80 heavy (non-hydrogen) atoms. The van der Waals surface area contributed by atoms with Crippen LogP contribution in [0.3, 0.4) is 0 Å². The lowest BCUT2D eigenvalue weighted by Gasteiger charge is -2.32. The van der Waals surface area contributed by atoms with Crippen LogP contribution in [-0.4, -0.2) is 9.13 Å². The Hall–Kier alpha value is -10.5. The van der Waals surface area contributed by atoms with Crippen molar-refractivity contribution < 1.29 is 0 Å². The van der Waals surface area contributed by atoms with Gasteiger partial charge in [-0.2, -0.15) is 0 Å². The zero-order chi connectivity index (χ0) is 52.5. The molecule has 0 N–H and O–H groups in total. The Morgan fingerprint density at radius 2 is 0.688 bits per heavy atom. The summed E-state index contributed by atoms with van der Waals surface area (Å²) in [7, 11) is 0. The number of fused-ring (bicyclic) bond motifs is 17. The van der Waals surface area contributed by atoms with Gasteiger partial charge in [0, 0.05) is 50.0 Å². The second kappa shape index (κ2) is 17.3. The summed E-state index contributed by atoms with van der Waals surface area (Å²) in [5.41, 5.74) is 24.8. The Labute approximate surface area is 463 Å². The number of anilines is 3. The van der Waals surface area contributed by atoms with E-state index in [4.69, 9.17) is 0 Å². The van der Waals surface area contributed by atoms with Crippen molar-refractivity contribution in [1.82, 2.24) is 9.13 Å². The highest BCUT2D eigenvalue weighted by molar-refractivity contribution is 6.11. The summed E-state index contributed by atoms with van der Waals surface area (Å²) in [6, 6.07) is 111. The fraction of sp³-hybridized carbons (Fsp3) is 0.0130. The van der Waals surface area contributed by atoms with Crippen molar-refractivity contribution in [2.75, 3.05) is 4.90 Å². The second-order valence-corrected chi connectivity index (χ2v) is 21.6. The van der Waals surface area contributed by atoms with E-state index in [9.17, 15) is 0 Å². The van der Waals surface area contributed by atoms with Crippen LogP contribution in [0.4, 0.5) is 17.1 Å². The highest BCUT2D eigenvalue weighted by atomic mass is 15.1. The lowest BCUT2D eigenvalue weighted by Crippen LogP contribution is -2.26. The molecule has 2 aliphatic rings. The maximum Gasteiger partial charge on any atom is 0.0726 e. The zero-order valence-corrected chi connectivity index (χ0v) is 43.6. The van der Waals surface area contributed by atoms with Crippen LogP contribution in [0.1, 0.15) is 22.3 Å². The number of aromatic nitrogens is 2.